The van der Waals surface area contributed by atoms with Crippen LogP contribution >= 0.6 is 0 Å². The number of carbonyl (C=O) groups excluding carboxylic acids is 1. The molecule has 0 aliphatic heterocycles. The lowest BCUT2D eigenvalue weighted by molar-refractivity contribution is -0.394. The Balaban J connectivity index is 1.77. The Kier molecular flexibility index (Phi) is 5.49. The van der Waals surface area contributed by atoms with E-state index in [1.807, 2.05) is 0 Å². The molecule has 0 saturated carbocycles. The van der Waals surface area contributed by atoms with Crippen LogP contribution in [-0.4, -0.2) is 25.7 Å². The molecule has 10 nitrogen and oxygen atoms in total. The molecule has 1 amide bonds. The molecule has 0 saturated heterocycles. The van der Waals surface area contributed by atoms with E-state index in [0.29, 0.717) is 17.0 Å². The number of nitrogens with zero attached hydrogens (tertiary/aromatic N) is 4. The van der Waals surface area contributed by atoms with Gasteiger partial charge in [-0.3, -0.25) is 25.0 Å². The van der Waals surface area contributed by atoms with E-state index >= 15 is 0 Å². The van der Waals surface area contributed by atoms with Crippen molar-refractivity contribution in [3.05, 3.63) is 92.2 Å². The van der Waals surface area contributed by atoms with Gasteiger partial charge in [0.1, 0.15) is 12.1 Å². The predicted octanol–water partition coefficient (Wildman–Crippen LogP) is 3.03. The Morgan fingerprint density at radius 3 is 2.17 bits per heavy atom. The highest BCUT2D eigenvalue weighted by Gasteiger charge is 2.19. The largest absolute Gasteiger partial charge is 0.346 e. The van der Waals surface area contributed by atoms with Crippen LogP contribution in [0.5, 0.6) is 0 Å². The van der Waals surface area contributed by atoms with Crippen LogP contribution in [0.15, 0.2) is 54.9 Å². The lowest BCUT2D eigenvalue weighted by Gasteiger charge is -2.07. The number of nitrogens with one attached hydrogen (secondary N) is 1. The zero-order valence-electron chi connectivity index (χ0n) is 14.6. The SMILES string of the molecule is O=C(NCc1cc(-c2ccc(F)cc2)ncn1)c1cc([N+](=O)[O-])cc([N+](=O)[O-])c1. The molecule has 0 unspecified atom stereocenters. The first kappa shape index (κ1) is 19.5. The van der Waals surface area contributed by atoms with E-state index in [0.717, 1.165) is 18.2 Å². The molecule has 0 spiro atoms. The van der Waals surface area contributed by atoms with Crippen LogP contribution in [0.3, 0.4) is 0 Å². The van der Waals surface area contributed by atoms with Crippen molar-refractivity contribution >= 4 is 17.3 Å². The second-order valence-electron chi connectivity index (χ2n) is 5.84. The summed E-state index contributed by atoms with van der Waals surface area (Å²) in [6.45, 7) is -0.0496. The Labute approximate surface area is 162 Å². The molecule has 0 radical (unpaired) electrons. The number of amides is 1. The second kappa shape index (κ2) is 8.17. The third kappa shape index (κ3) is 4.71. The number of halogens is 1. The first-order chi connectivity index (χ1) is 13.8. The lowest BCUT2D eigenvalue weighted by Crippen LogP contribution is -2.23. The zero-order chi connectivity index (χ0) is 21.0. The van der Waals surface area contributed by atoms with Crippen LogP contribution < -0.4 is 5.32 Å². The highest BCUT2D eigenvalue weighted by molar-refractivity contribution is 5.95. The Morgan fingerprint density at radius 2 is 1.59 bits per heavy atom. The number of nitro groups is 2. The molecule has 1 aromatic heterocycles. The molecule has 0 aliphatic rings. The van der Waals surface area contributed by atoms with E-state index in [9.17, 15) is 29.4 Å². The van der Waals surface area contributed by atoms with Gasteiger partial charge in [0.25, 0.3) is 17.3 Å². The maximum atomic E-state index is 13.0. The molecule has 0 bridgehead atoms. The number of aromatic nitrogens is 2. The van der Waals surface area contributed by atoms with E-state index in [1.54, 1.807) is 18.2 Å². The third-order valence-corrected chi connectivity index (χ3v) is 3.88. The van der Waals surface area contributed by atoms with E-state index in [-0.39, 0.29) is 17.9 Å². The van der Waals surface area contributed by atoms with Crippen LogP contribution in [0.1, 0.15) is 16.1 Å². The average molecular weight is 397 g/mol. The van der Waals surface area contributed by atoms with E-state index in [2.05, 4.69) is 15.3 Å². The second-order valence-corrected chi connectivity index (χ2v) is 5.84. The van der Waals surface area contributed by atoms with Gasteiger partial charge in [0, 0.05) is 17.7 Å². The minimum atomic E-state index is -0.816. The molecular weight excluding hydrogens is 385 g/mol. The number of carbonyl (C=O) groups is 1. The number of benzene rings is 2. The van der Waals surface area contributed by atoms with Crippen molar-refractivity contribution in [2.75, 3.05) is 0 Å². The van der Waals surface area contributed by atoms with E-state index < -0.39 is 27.1 Å². The zero-order valence-corrected chi connectivity index (χ0v) is 14.6. The molecule has 0 aliphatic carbocycles. The van der Waals surface area contributed by atoms with E-state index in [1.165, 1.54) is 18.5 Å². The summed E-state index contributed by atoms with van der Waals surface area (Å²) in [5.74, 6) is -1.12. The van der Waals surface area contributed by atoms with Crippen LogP contribution in [-0.2, 0) is 6.54 Å². The summed E-state index contributed by atoms with van der Waals surface area (Å²) in [7, 11) is 0. The van der Waals surface area contributed by atoms with Crippen molar-refractivity contribution in [2.24, 2.45) is 0 Å². The summed E-state index contributed by atoms with van der Waals surface area (Å²) < 4.78 is 13.0. The van der Waals surface area contributed by atoms with Gasteiger partial charge in [0.2, 0.25) is 0 Å². The van der Waals surface area contributed by atoms with Crippen molar-refractivity contribution in [2.45, 2.75) is 6.54 Å². The monoisotopic (exact) mass is 397 g/mol. The van der Waals surface area contributed by atoms with Crippen LogP contribution in [0.2, 0.25) is 0 Å². The highest BCUT2D eigenvalue weighted by Crippen LogP contribution is 2.23. The molecule has 3 aromatic rings. The number of hydrogen-bond acceptors (Lipinski definition) is 7. The Morgan fingerprint density at radius 1 is 0.966 bits per heavy atom. The lowest BCUT2D eigenvalue weighted by atomic mass is 10.1. The van der Waals surface area contributed by atoms with Gasteiger partial charge in [-0.05, 0) is 30.3 Å². The molecule has 2 aromatic carbocycles. The summed E-state index contributed by atoms with van der Waals surface area (Å²) in [6, 6.07) is 9.92. The topological polar surface area (TPSA) is 141 Å². The fraction of sp³-hybridized carbons (Fsp3) is 0.0556. The van der Waals surface area contributed by atoms with Crippen molar-refractivity contribution in [1.29, 1.82) is 0 Å². The maximum Gasteiger partial charge on any atom is 0.277 e. The van der Waals surface area contributed by atoms with Crippen LogP contribution in [0, 0.1) is 26.0 Å². The summed E-state index contributed by atoms with van der Waals surface area (Å²) in [5, 5.41) is 24.4. The van der Waals surface area contributed by atoms with Crippen LogP contribution in [0.25, 0.3) is 11.3 Å². The molecule has 0 atom stereocenters. The van der Waals surface area contributed by atoms with Crippen molar-refractivity contribution in [1.82, 2.24) is 15.3 Å². The molecule has 29 heavy (non-hydrogen) atoms. The fourth-order valence-corrected chi connectivity index (χ4v) is 2.48. The molecule has 0 fully saturated rings. The van der Waals surface area contributed by atoms with Gasteiger partial charge in [-0.25, -0.2) is 14.4 Å². The van der Waals surface area contributed by atoms with Gasteiger partial charge in [-0.15, -0.1) is 0 Å². The normalized spacial score (nSPS) is 10.4. The molecule has 11 heteroatoms. The van der Waals surface area contributed by atoms with Crippen molar-refractivity contribution < 1.29 is 19.0 Å². The number of non-ortho nitro benzene ring substituents is 2. The van der Waals surface area contributed by atoms with Crippen LogP contribution in [0.4, 0.5) is 15.8 Å². The van der Waals surface area contributed by atoms with Gasteiger partial charge < -0.3 is 5.32 Å². The number of rotatable bonds is 6. The molecule has 3 rings (SSSR count). The molecule has 1 heterocycles. The summed E-state index contributed by atoms with van der Waals surface area (Å²) in [4.78, 5) is 40.7. The Bertz CT molecular complexity index is 1070. The smallest absolute Gasteiger partial charge is 0.277 e. The third-order valence-electron chi connectivity index (χ3n) is 3.88. The number of nitro benzene ring substituents is 2. The highest BCUT2D eigenvalue weighted by atomic mass is 19.1. The maximum absolute atomic E-state index is 13.0. The molecular formula is C18H12FN5O5. The quantitative estimate of drug-likeness (QED) is 0.498. The first-order valence-corrected chi connectivity index (χ1v) is 8.12. The van der Waals surface area contributed by atoms with Gasteiger partial charge in [0.15, 0.2) is 0 Å². The molecule has 1 N–H and O–H groups in total. The average Bonchev–Trinajstić information content (AvgIpc) is 2.72. The summed E-state index contributed by atoms with van der Waals surface area (Å²) in [6.07, 6.45) is 1.28. The standard InChI is InChI=1S/C18H12FN5O5/c19-13-3-1-11(2-4-13)17-7-14(21-10-22-17)9-20-18(25)12-5-15(23(26)27)8-16(6-12)24(28)29/h1-8,10H,9H2,(H,20,25). The first-order valence-electron chi connectivity index (χ1n) is 8.12. The van der Waals surface area contributed by atoms with Gasteiger partial charge >= 0.3 is 0 Å². The van der Waals surface area contributed by atoms with Gasteiger partial charge in [-0.2, -0.15) is 0 Å². The molecule has 146 valence electrons. The minimum absolute atomic E-state index is 0.0496. The number of hydrogen-bond donors (Lipinski definition) is 1. The Hall–Kier alpha value is -4.28. The minimum Gasteiger partial charge on any atom is -0.346 e. The van der Waals surface area contributed by atoms with Crippen molar-refractivity contribution in [3.8, 4) is 11.3 Å². The predicted molar refractivity (Wildman–Crippen MR) is 98.3 cm³/mol. The summed E-state index contributed by atoms with van der Waals surface area (Å²) >= 11 is 0. The fourth-order valence-electron chi connectivity index (χ4n) is 2.48. The van der Waals surface area contributed by atoms with Gasteiger partial charge in [-0.1, -0.05) is 0 Å². The summed E-state index contributed by atoms with van der Waals surface area (Å²) in [5.41, 5.74) is 0.229. The van der Waals surface area contributed by atoms with E-state index in [4.69, 9.17) is 0 Å². The van der Waals surface area contributed by atoms with Crippen molar-refractivity contribution in [3.63, 3.8) is 0 Å². The van der Waals surface area contributed by atoms with Gasteiger partial charge in [0.05, 0.1) is 39.4 Å².